The molecule has 33 heavy (non-hydrogen) atoms. The predicted octanol–water partition coefficient (Wildman–Crippen LogP) is 3.91. The third kappa shape index (κ3) is 4.05. The Labute approximate surface area is 198 Å². The third-order valence-corrected chi connectivity index (χ3v) is 9.18. The Hall–Kier alpha value is -2.08. The maximum Gasteiger partial charge on any atom is 0.320 e. The van der Waals surface area contributed by atoms with E-state index in [0.717, 1.165) is 64.7 Å². The van der Waals surface area contributed by atoms with Gasteiger partial charge in [0.05, 0.1) is 5.54 Å². The molecule has 0 bridgehead atoms. The minimum absolute atomic E-state index is 0.0360. The van der Waals surface area contributed by atoms with Crippen LogP contribution in [-0.2, 0) is 10.3 Å². The van der Waals surface area contributed by atoms with E-state index in [1.165, 1.54) is 18.4 Å². The van der Waals surface area contributed by atoms with Gasteiger partial charge in [0.1, 0.15) is 0 Å². The first-order chi connectivity index (χ1) is 15.8. The molecule has 1 spiro atoms. The number of likely N-dealkylation sites (tertiary alicyclic amines) is 1. The van der Waals surface area contributed by atoms with E-state index in [-0.39, 0.29) is 29.1 Å². The van der Waals surface area contributed by atoms with Gasteiger partial charge in [-0.3, -0.25) is 9.69 Å². The quantitative estimate of drug-likeness (QED) is 0.680. The molecule has 2 saturated heterocycles. The number of carbonyl (C=O) groups excluding carboxylic acids is 2. The Morgan fingerprint density at radius 3 is 2.18 bits per heavy atom. The molecule has 2 heterocycles. The number of rotatable bonds is 5. The van der Waals surface area contributed by atoms with Crippen molar-refractivity contribution >= 4 is 11.9 Å². The molecule has 1 aromatic rings. The summed E-state index contributed by atoms with van der Waals surface area (Å²) in [4.78, 5) is 34.4. The fourth-order valence-electron chi connectivity index (χ4n) is 6.74. The van der Waals surface area contributed by atoms with Crippen LogP contribution in [0.1, 0.15) is 63.9 Å². The summed E-state index contributed by atoms with van der Waals surface area (Å²) < 4.78 is 0. The minimum Gasteiger partial charge on any atom is -0.343 e. The van der Waals surface area contributed by atoms with Crippen LogP contribution in [0.5, 0.6) is 0 Å². The predicted molar refractivity (Wildman–Crippen MR) is 130 cm³/mol. The van der Waals surface area contributed by atoms with E-state index in [1.54, 1.807) is 6.92 Å². The first-order valence-corrected chi connectivity index (χ1v) is 12.9. The molecule has 2 aliphatic carbocycles. The van der Waals surface area contributed by atoms with Gasteiger partial charge in [-0.2, -0.15) is 0 Å². The van der Waals surface area contributed by atoms with Gasteiger partial charge in [0.2, 0.25) is 5.91 Å². The number of carbonyl (C=O) groups is 2. The van der Waals surface area contributed by atoms with Crippen LogP contribution in [0, 0.1) is 5.92 Å². The SMILES string of the molecule is CC(=O)N1CCC(N2CC3(CCC(c4ccccc4)(N(C)C)CC3)N(CC3CC3)C2=O)CC1. The van der Waals surface area contributed by atoms with Gasteiger partial charge >= 0.3 is 6.03 Å². The second-order valence-electron chi connectivity index (χ2n) is 11.2. The molecule has 4 aliphatic rings. The summed E-state index contributed by atoms with van der Waals surface area (Å²) in [6, 6.07) is 11.5. The van der Waals surface area contributed by atoms with Gasteiger partial charge in [-0.05, 0) is 76.9 Å². The average molecular weight is 453 g/mol. The molecule has 3 amide bonds. The molecular formula is C27H40N4O2. The lowest BCUT2D eigenvalue weighted by Gasteiger charge is -2.51. The summed E-state index contributed by atoms with van der Waals surface area (Å²) in [5, 5.41) is 0. The zero-order chi connectivity index (χ0) is 23.2. The monoisotopic (exact) mass is 452 g/mol. The van der Waals surface area contributed by atoms with E-state index in [1.807, 2.05) is 4.90 Å². The number of hydrogen-bond acceptors (Lipinski definition) is 3. The Bertz CT molecular complexity index is 865. The topological polar surface area (TPSA) is 47.1 Å². The summed E-state index contributed by atoms with van der Waals surface area (Å²) in [5.74, 6) is 0.848. The third-order valence-electron chi connectivity index (χ3n) is 9.18. The number of amides is 3. The largest absolute Gasteiger partial charge is 0.343 e. The van der Waals surface area contributed by atoms with E-state index >= 15 is 0 Å². The smallest absolute Gasteiger partial charge is 0.320 e. The van der Waals surface area contributed by atoms with Crippen LogP contribution in [0.4, 0.5) is 4.79 Å². The standard InChI is InChI=1S/C27H40N4O2/c1-21(32)29-17-11-24(12-18-29)30-20-26(31(25(30)33)19-22-9-10-22)13-15-27(16-14-26,28(2)3)23-7-5-4-6-8-23/h4-8,22,24H,9-20H2,1-3H3. The number of nitrogens with zero attached hydrogens (tertiary/aromatic N) is 4. The summed E-state index contributed by atoms with van der Waals surface area (Å²) in [5.41, 5.74) is 1.41. The van der Waals surface area contributed by atoms with Crippen LogP contribution >= 0.6 is 0 Å². The molecular weight excluding hydrogens is 412 g/mol. The van der Waals surface area contributed by atoms with E-state index in [2.05, 4.69) is 59.1 Å². The molecule has 0 unspecified atom stereocenters. The second-order valence-corrected chi connectivity index (χ2v) is 11.2. The van der Waals surface area contributed by atoms with E-state index in [9.17, 15) is 9.59 Å². The first kappa shape index (κ1) is 22.7. The maximum absolute atomic E-state index is 13.8. The summed E-state index contributed by atoms with van der Waals surface area (Å²) >= 11 is 0. The lowest BCUT2D eigenvalue weighted by atomic mass is 9.68. The van der Waals surface area contributed by atoms with Crippen LogP contribution in [0.15, 0.2) is 30.3 Å². The van der Waals surface area contributed by atoms with Gasteiger partial charge in [-0.1, -0.05) is 30.3 Å². The van der Waals surface area contributed by atoms with E-state index < -0.39 is 0 Å². The van der Waals surface area contributed by atoms with Crippen LogP contribution in [0.3, 0.4) is 0 Å². The highest BCUT2D eigenvalue weighted by molar-refractivity contribution is 5.79. The van der Waals surface area contributed by atoms with Crippen LogP contribution < -0.4 is 0 Å². The number of benzene rings is 1. The Kier molecular flexibility index (Phi) is 5.92. The Balaban J connectivity index is 1.36. The fourth-order valence-corrected chi connectivity index (χ4v) is 6.74. The van der Waals surface area contributed by atoms with Crippen LogP contribution in [-0.4, -0.2) is 83.4 Å². The van der Waals surface area contributed by atoms with Crippen molar-refractivity contribution in [2.45, 2.75) is 75.4 Å². The fraction of sp³-hybridized carbons (Fsp3) is 0.704. The van der Waals surface area contributed by atoms with Gasteiger partial charge in [0.25, 0.3) is 0 Å². The zero-order valence-corrected chi connectivity index (χ0v) is 20.6. The molecule has 4 fully saturated rings. The van der Waals surface area contributed by atoms with Crippen molar-refractivity contribution in [1.29, 1.82) is 0 Å². The molecule has 1 aromatic carbocycles. The molecule has 6 nitrogen and oxygen atoms in total. The summed E-state index contributed by atoms with van der Waals surface area (Å²) in [6.45, 7) is 5.00. The molecule has 180 valence electrons. The summed E-state index contributed by atoms with van der Waals surface area (Å²) in [6.07, 6.45) is 8.62. The Morgan fingerprint density at radius 2 is 1.64 bits per heavy atom. The molecule has 0 aromatic heterocycles. The highest BCUT2D eigenvalue weighted by atomic mass is 16.2. The Morgan fingerprint density at radius 1 is 1.00 bits per heavy atom. The van der Waals surface area contributed by atoms with Gasteiger partial charge < -0.3 is 14.7 Å². The van der Waals surface area contributed by atoms with Crippen molar-refractivity contribution in [3.63, 3.8) is 0 Å². The van der Waals surface area contributed by atoms with E-state index in [0.29, 0.717) is 5.92 Å². The molecule has 0 atom stereocenters. The average Bonchev–Trinajstić information content (AvgIpc) is 3.62. The normalized spacial score (nSPS) is 31.2. The van der Waals surface area contributed by atoms with E-state index in [4.69, 9.17) is 0 Å². The van der Waals surface area contributed by atoms with Gasteiger partial charge in [-0.25, -0.2) is 4.79 Å². The second kappa shape index (κ2) is 8.61. The minimum atomic E-state index is -0.0360. The number of hydrogen-bond donors (Lipinski definition) is 0. The van der Waals surface area contributed by atoms with Crippen molar-refractivity contribution in [1.82, 2.24) is 19.6 Å². The molecule has 0 radical (unpaired) electrons. The van der Waals surface area contributed by atoms with Gasteiger partial charge in [-0.15, -0.1) is 0 Å². The molecule has 5 rings (SSSR count). The van der Waals surface area contributed by atoms with Crippen molar-refractivity contribution in [2.24, 2.45) is 5.92 Å². The van der Waals surface area contributed by atoms with Crippen molar-refractivity contribution < 1.29 is 9.59 Å². The van der Waals surface area contributed by atoms with Crippen molar-refractivity contribution in [2.75, 3.05) is 40.3 Å². The highest BCUT2D eigenvalue weighted by Gasteiger charge is 2.56. The highest BCUT2D eigenvalue weighted by Crippen LogP contribution is 2.50. The lowest BCUT2D eigenvalue weighted by Crippen LogP contribution is -2.55. The lowest BCUT2D eigenvalue weighted by molar-refractivity contribution is -0.130. The van der Waals surface area contributed by atoms with Crippen molar-refractivity contribution in [3.05, 3.63) is 35.9 Å². The zero-order valence-electron chi connectivity index (χ0n) is 20.6. The van der Waals surface area contributed by atoms with Gasteiger partial charge in [0, 0.05) is 44.7 Å². The molecule has 6 heteroatoms. The molecule has 0 N–H and O–H groups in total. The summed E-state index contributed by atoms with van der Waals surface area (Å²) in [7, 11) is 4.42. The van der Waals surface area contributed by atoms with Crippen LogP contribution in [0.2, 0.25) is 0 Å². The van der Waals surface area contributed by atoms with Gasteiger partial charge in [0.15, 0.2) is 0 Å². The van der Waals surface area contributed by atoms with Crippen molar-refractivity contribution in [3.8, 4) is 0 Å². The first-order valence-electron chi connectivity index (χ1n) is 12.9. The number of piperidine rings is 1. The maximum atomic E-state index is 13.8. The molecule has 2 aliphatic heterocycles. The molecule has 2 saturated carbocycles. The number of urea groups is 1. The van der Waals surface area contributed by atoms with Crippen LogP contribution in [0.25, 0.3) is 0 Å².